The maximum Gasteiger partial charge on any atom is 0.243 e. The molecule has 1 aromatic carbocycles. The van der Waals surface area contributed by atoms with Gasteiger partial charge in [-0.15, -0.1) is 0 Å². The molecular weight excluding hydrogens is 334 g/mol. The molecule has 1 aliphatic heterocycles. The Morgan fingerprint density at radius 1 is 1.16 bits per heavy atom. The van der Waals surface area contributed by atoms with Gasteiger partial charge in [0, 0.05) is 37.4 Å². The number of aromatic nitrogens is 2. The summed E-state index contributed by atoms with van der Waals surface area (Å²) in [5.74, 6) is 2.15. The first-order chi connectivity index (χ1) is 12.1. The van der Waals surface area contributed by atoms with E-state index in [4.69, 9.17) is 0 Å². The van der Waals surface area contributed by atoms with Gasteiger partial charge in [0.15, 0.2) is 0 Å². The van der Waals surface area contributed by atoms with Gasteiger partial charge in [0.25, 0.3) is 0 Å². The lowest BCUT2D eigenvalue weighted by Gasteiger charge is -2.27. The van der Waals surface area contributed by atoms with Crippen molar-refractivity contribution in [3.05, 3.63) is 48.0 Å². The quantitative estimate of drug-likeness (QED) is 0.824. The van der Waals surface area contributed by atoms with Gasteiger partial charge < -0.3 is 4.57 Å². The number of benzene rings is 1. The molecule has 6 heteroatoms. The average molecular weight is 359 g/mol. The summed E-state index contributed by atoms with van der Waals surface area (Å²) in [6.07, 6.45) is 6.63. The van der Waals surface area contributed by atoms with E-state index < -0.39 is 10.0 Å². The fourth-order valence-electron chi connectivity index (χ4n) is 3.87. The van der Waals surface area contributed by atoms with Crippen LogP contribution in [0.5, 0.6) is 0 Å². The van der Waals surface area contributed by atoms with Crippen molar-refractivity contribution in [2.75, 3.05) is 13.1 Å². The standard InChI is InChI=1S/C19H25N3O2S/c1-15-12-20-19(17-6-5-7-17)22(15)14-16-10-11-21(13-16)25(23,24)18-8-3-2-4-9-18/h2-4,8-9,12,16-17H,5-7,10-11,13-14H2,1H3. The van der Waals surface area contributed by atoms with E-state index in [1.54, 1.807) is 28.6 Å². The Morgan fingerprint density at radius 2 is 1.92 bits per heavy atom. The summed E-state index contributed by atoms with van der Waals surface area (Å²) in [6, 6.07) is 8.75. The molecule has 2 fully saturated rings. The minimum Gasteiger partial charge on any atom is -0.332 e. The van der Waals surface area contributed by atoms with E-state index in [1.807, 2.05) is 12.3 Å². The smallest absolute Gasteiger partial charge is 0.243 e. The molecule has 0 N–H and O–H groups in total. The summed E-state index contributed by atoms with van der Waals surface area (Å²) in [4.78, 5) is 5.02. The molecule has 1 saturated carbocycles. The Kier molecular flexibility index (Phi) is 4.41. The SMILES string of the molecule is Cc1cnc(C2CCC2)n1CC1CCN(S(=O)(=O)c2ccccc2)C1. The van der Waals surface area contributed by atoms with Crippen LogP contribution in [0.4, 0.5) is 0 Å². The molecule has 5 nitrogen and oxygen atoms in total. The summed E-state index contributed by atoms with van der Waals surface area (Å²) in [7, 11) is -3.37. The van der Waals surface area contributed by atoms with E-state index in [2.05, 4.69) is 16.5 Å². The third kappa shape index (κ3) is 3.13. The molecule has 1 unspecified atom stereocenters. The van der Waals surface area contributed by atoms with Gasteiger partial charge in [-0.2, -0.15) is 4.31 Å². The Balaban J connectivity index is 1.48. The fraction of sp³-hybridized carbons (Fsp3) is 0.526. The largest absolute Gasteiger partial charge is 0.332 e. The molecule has 25 heavy (non-hydrogen) atoms. The summed E-state index contributed by atoms with van der Waals surface area (Å²) >= 11 is 0. The second-order valence-electron chi connectivity index (χ2n) is 7.33. The van der Waals surface area contributed by atoms with E-state index in [9.17, 15) is 8.42 Å². The minimum atomic E-state index is -3.37. The highest BCUT2D eigenvalue weighted by molar-refractivity contribution is 7.89. The van der Waals surface area contributed by atoms with Crippen molar-refractivity contribution in [1.29, 1.82) is 0 Å². The monoisotopic (exact) mass is 359 g/mol. The first kappa shape index (κ1) is 16.8. The molecule has 1 aliphatic carbocycles. The maximum atomic E-state index is 12.8. The van der Waals surface area contributed by atoms with Crippen molar-refractivity contribution >= 4 is 10.0 Å². The van der Waals surface area contributed by atoms with Crippen molar-refractivity contribution in [3.8, 4) is 0 Å². The minimum absolute atomic E-state index is 0.352. The van der Waals surface area contributed by atoms with Crippen molar-refractivity contribution in [2.45, 2.75) is 50.0 Å². The molecular formula is C19H25N3O2S. The third-order valence-corrected chi connectivity index (χ3v) is 7.51. The lowest BCUT2D eigenvalue weighted by Crippen LogP contribution is -2.29. The van der Waals surface area contributed by atoms with Crippen molar-refractivity contribution in [1.82, 2.24) is 13.9 Å². The van der Waals surface area contributed by atoms with Crippen molar-refractivity contribution in [3.63, 3.8) is 0 Å². The second kappa shape index (κ2) is 6.57. The molecule has 1 saturated heterocycles. The van der Waals surface area contributed by atoms with Gasteiger partial charge in [0.1, 0.15) is 5.82 Å². The Hall–Kier alpha value is -1.66. The van der Waals surface area contributed by atoms with E-state index in [1.165, 1.54) is 30.8 Å². The molecule has 2 aliphatic rings. The predicted molar refractivity (Wildman–Crippen MR) is 96.9 cm³/mol. The van der Waals surface area contributed by atoms with Gasteiger partial charge in [0.2, 0.25) is 10.0 Å². The van der Waals surface area contributed by atoms with Crippen molar-refractivity contribution < 1.29 is 8.42 Å². The number of nitrogens with zero attached hydrogens (tertiary/aromatic N) is 3. The van der Waals surface area contributed by atoms with E-state index in [0.29, 0.717) is 29.8 Å². The first-order valence-electron chi connectivity index (χ1n) is 9.13. The van der Waals surface area contributed by atoms with Crippen LogP contribution in [0, 0.1) is 12.8 Å². The molecule has 1 aromatic heterocycles. The van der Waals surface area contributed by atoms with Crippen LogP contribution in [0.3, 0.4) is 0 Å². The van der Waals surface area contributed by atoms with Gasteiger partial charge in [-0.05, 0) is 44.2 Å². The normalized spacial score (nSPS) is 22.2. The van der Waals surface area contributed by atoms with E-state index >= 15 is 0 Å². The molecule has 1 atom stereocenters. The maximum absolute atomic E-state index is 12.8. The van der Waals surface area contributed by atoms with E-state index in [-0.39, 0.29) is 0 Å². The van der Waals surface area contributed by atoms with Crippen LogP contribution >= 0.6 is 0 Å². The summed E-state index contributed by atoms with van der Waals surface area (Å²) in [5.41, 5.74) is 1.19. The lowest BCUT2D eigenvalue weighted by molar-refractivity contribution is 0.364. The van der Waals surface area contributed by atoms with Crippen LogP contribution in [0.25, 0.3) is 0 Å². The van der Waals surface area contributed by atoms with E-state index in [0.717, 1.165) is 13.0 Å². The lowest BCUT2D eigenvalue weighted by atomic mass is 9.84. The highest BCUT2D eigenvalue weighted by Gasteiger charge is 2.33. The van der Waals surface area contributed by atoms with Gasteiger partial charge in [-0.25, -0.2) is 13.4 Å². The van der Waals surface area contributed by atoms with Gasteiger partial charge >= 0.3 is 0 Å². The molecule has 0 spiro atoms. The highest BCUT2D eigenvalue weighted by Crippen LogP contribution is 2.36. The summed E-state index contributed by atoms with van der Waals surface area (Å²) < 4.78 is 29.5. The number of imidazole rings is 1. The molecule has 2 heterocycles. The van der Waals surface area contributed by atoms with Gasteiger partial charge in [0.05, 0.1) is 4.90 Å². The van der Waals surface area contributed by atoms with Crippen molar-refractivity contribution in [2.24, 2.45) is 5.92 Å². The zero-order valence-corrected chi connectivity index (χ0v) is 15.5. The zero-order chi connectivity index (χ0) is 17.4. The third-order valence-electron chi connectivity index (χ3n) is 5.63. The predicted octanol–water partition coefficient (Wildman–Crippen LogP) is 3.17. The van der Waals surface area contributed by atoms with Crippen LogP contribution < -0.4 is 0 Å². The highest BCUT2D eigenvalue weighted by atomic mass is 32.2. The molecule has 0 amide bonds. The second-order valence-corrected chi connectivity index (χ2v) is 9.26. The van der Waals surface area contributed by atoms with Crippen LogP contribution in [0.2, 0.25) is 0 Å². The van der Waals surface area contributed by atoms with Crippen LogP contribution in [0.1, 0.15) is 43.1 Å². The van der Waals surface area contributed by atoms with Crippen LogP contribution in [-0.2, 0) is 16.6 Å². The Morgan fingerprint density at radius 3 is 2.60 bits per heavy atom. The molecule has 0 bridgehead atoms. The number of aryl methyl sites for hydroxylation is 1. The molecule has 2 aromatic rings. The number of rotatable bonds is 5. The number of hydrogen-bond donors (Lipinski definition) is 0. The fourth-order valence-corrected chi connectivity index (χ4v) is 5.43. The van der Waals surface area contributed by atoms with Gasteiger partial charge in [-0.1, -0.05) is 24.6 Å². The molecule has 134 valence electrons. The topological polar surface area (TPSA) is 55.2 Å². The summed E-state index contributed by atoms with van der Waals surface area (Å²) in [5, 5.41) is 0. The number of hydrogen-bond acceptors (Lipinski definition) is 3. The van der Waals surface area contributed by atoms with Gasteiger partial charge in [-0.3, -0.25) is 0 Å². The molecule has 0 radical (unpaired) electrons. The van der Waals surface area contributed by atoms with Crippen LogP contribution in [0.15, 0.2) is 41.4 Å². The Bertz CT molecular complexity index is 841. The average Bonchev–Trinajstić information content (AvgIpc) is 3.17. The number of sulfonamides is 1. The zero-order valence-electron chi connectivity index (χ0n) is 14.6. The first-order valence-corrected chi connectivity index (χ1v) is 10.6. The molecule has 4 rings (SSSR count). The Labute approximate surface area is 149 Å². The van der Waals surface area contributed by atoms with Crippen LogP contribution in [-0.4, -0.2) is 35.4 Å². The summed E-state index contributed by atoms with van der Waals surface area (Å²) in [6.45, 7) is 4.18.